The van der Waals surface area contributed by atoms with E-state index in [0.717, 1.165) is 21.2 Å². The van der Waals surface area contributed by atoms with Crippen LogP contribution in [0.4, 0.5) is 10.5 Å². The molecule has 0 saturated carbocycles. The molecule has 0 radical (unpaired) electrons. The molecular formula is C31H36ClN5O7S2. The van der Waals surface area contributed by atoms with Crippen LogP contribution >= 0.6 is 22.9 Å². The van der Waals surface area contributed by atoms with Crippen LogP contribution in [0.5, 0.6) is 0 Å². The molecular weight excluding hydrogens is 654 g/mol. The Labute approximate surface area is 277 Å². The molecule has 5 rings (SSSR count). The number of thiazole rings is 1. The van der Waals surface area contributed by atoms with Gasteiger partial charge >= 0.3 is 6.09 Å². The minimum absolute atomic E-state index is 0.0266. The molecule has 3 heterocycles. The highest BCUT2D eigenvalue weighted by atomic mass is 35.5. The van der Waals surface area contributed by atoms with Crippen LogP contribution in [0, 0.1) is 6.92 Å². The van der Waals surface area contributed by atoms with Gasteiger partial charge in [-0.25, -0.2) is 18.2 Å². The number of alkyl carbamates (subject to hydrolysis) is 1. The number of amides is 2. The van der Waals surface area contributed by atoms with Gasteiger partial charge in [0, 0.05) is 40.1 Å². The lowest BCUT2D eigenvalue weighted by molar-refractivity contribution is -0.153. The van der Waals surface area contributed by atoms with Crippen molar-refractivity contribution in [2.24, 2.45) is 0 Å². The minimum Gasteiger partial charge on any atom is -0.450 e. The number of nitrogens with one attached hydrogen (secondary N) is 2. The number of cyclic esters (lactones) is 1. The van der Waals surface area contributed by atoms with Gasteiger partial charge in [-0.3, -0.25) is 4.79 Å². The van der Waals surface area contributed by atoms with Crippen molar-refractivity contribution >= 4 is 50.6 Å². The Morgan fingerprint density at radius 1 is 1.22 bits per heavy atom. The largest absolute Gasteiger partial charge is 0.450 e. The molecule has 2 fully saturated rings. The smallest absolute Gasteiger partial charge is 0.407 e. The van der Waals surface area contributed by atoms with Crippen molar-refractivity contribution in [3.05, 3.63) is 76.6 Å². The first-order valence-electron chi connectivity index (χ1n) is 14.7. The van der Waals surface area contributed by atoms with Crippen LogP contribution in [0.1, 0.15) is 47.7 Å². The highest BCUT2D eigenvalue weighted by Crippen LogP contribution is 2.37. The van der Waals surface area contributed by atoms with Crippen LogP contribution in [0.15, 0.2) is 59.1 Å². The number of allylic oxidation sites excluding steroid dienone is 1. The fourth-order valence-corrected chi connectivity index (χ4v) is 7.73. The van der Waals surface area contributed by atoms with E-state index in [-0.39, 0.29) is 43.0 Å². The van der Waals surface area contributed by atoms with Crippen molar-refractivity contribution in [3.63, 3.8) is 0 Å². The Morgan fingerprint density at radius 2 is 1.96 bits per heavy atom. The fraction of sp³-hybridized carbons (Fsp3) is 0.387. The number of hydrogen-bond acceptors (Lipinski definition) is 10. The van der Waals surface area contributed by atoms with E-state index in [4.69, 9.17) is 25.8 Å². The second-order valence-electron chi connectivity index (χ2n) is 11.0. The summed E-state index contributed by atoms with van der Waals surface area (Å²) in [4.78, 5) is 32.0. The summed E-state index contributed by atoms with van der Waals surface area (Å²) in [5.74, 6) is -0.239. The predicted octanol–water partition coefficient (Wildman–Crippen LogP) is 5.55. The molecule has 12 nitrogen and oxygen atoms in total. The monoisotopic (exact) mass is 689 g/mol. The molecule has 1 atom stereocenters. The normalized spacial score (nSPS) is 18.0. The van der Waals surface area contributed by atoms with Crippen LogP contribution in [0.3, 0.4) is 0 Å². The Kier molecular flexibility index (Phi) is 11.0. The SMILES string of the molecule is C=C(C)N(Cc1ccc(Cl)cc1)C(=O)c1cc(N[C@@H]2CCCOC(=O)NCC2)c(-c2ncc(S(=O)(=O)N3COCOC3)s2)cc1C. The number of nitrogens with zero attached hydrogens (tertiary/aromatic N) is 3. The first-order chi connectivity index (χ1) is 22.0. The van der Waals surface area contributed by atoms with Gasteiger partial charge in [0.2, 0.25) is 0 Å². The summed E-state index contributed by atoms with van der Waals surface area (Å²) in [6, 6.07) is 10.8. The summed E-state index contributed by atoms with van der Waals surface area (Å²) in [6.07, 6.45) is 2.82. The Morgan fingerprint density at radius 3 is 2.67 bits per heavy atom. The third kappa shape index (κ3) is 8.06. The number of ether oxygens (including phenoxy) is 3. The van der Waals surface area contributed by atoms with E-state index in [9.17, 15) is 18.0 Å². The Balaban J connectivity index is 1.51. The van der Waals surface area contributed by atoms with Gasteiger partial charge in [0.25, 0.3) is 15.9 Å². The fourth-order valence-electron chi connectivity index (χ4n) is 5.08. The Bertz CT molecular complexity index is 1690. The van der Waals surface area contributed by atoms with Gasteiger partial charge in [-0.15, -0.1) is 15.6 Å². The van der Waals surface area contributed by atoms with E-state index >= 15 is 0 Å². The van der Waals surface area contributed by atoms with E-state index in [1.165, 1.54) is 6.20 Å². The molecule has 3 aromatic rings. The van der Waals surface area contributed by atoms with Gasteiger partial charge in [-0.05, 0) is 68.5 Å². The van der Waals surface area contributed by atoms with Crippen molar-refractivity contribution in [2.45, 2.75) is 49.9 Å². The van der Waals surface area contributed by atoms with E-state index in [2.05, 4.69) is 22.2 Å². The van der Waals surface area contributed by atoms with Crippen molar-refractivity contribution in [3.8, 4) is 10.6 Å². The predicted molar refractivity (Wildman–Crippen MR) is 175 cm³/mol. The molecule has 0 aliphatic carbocycles. The third-order valence-corrected chi connectivity index (χ3v) is 11.0. The zero-order chi connectivity index (χ0) is 32.8. The molecule has 2 saturated heterocycles. The van der Waals surface area contributed by atoms with Gasteiger partial charge in [0.1, 0.15) is 25.3 Å². The number of carbonyl (C=O) groups is 2. The average Bonchev–Trinajstić information content (AvgIpc) is 3.57. The lowest BCUT2D eigenvalue weighted by atomic mass is 9.99. The van der Waals surface area contributed by atoms with Crippen molar-refractivity contribution in [1.29, 1.82) is 0 Å². The van der Waals surface area contributed by atoms with Gasteiger partial charge in [-0.2, -0.15) is 0 Å². The molecule has 246 valence electrons. The summed E-state index contributed by atoms with van der Waals surface area (Å²) in [5.41, 5.74) is 3.86. The van der Waals surface area contributed by atoms with Crippen molar-refractivity contribution in [2.75, 3.05) is 38.7 Å². The summed E-state index contributed by atoms with van der Waals surface area (Å²) >= 11 is 7.09. The quantitative estimate of drug-likeness (QED) is 0.296. The number of carbonyl (C=O) groups excluding carboxylic acids is 2. The lowest BCUT2D eigenvalue weighted by Gasteiger charge is -2.26. The number of aromatic nitrogens is 1. The molecule has 2 amide bonds. The maximum Gasteiger partial charge on any atom is 0.407 e. The summed E-state index contributed by atoms with van der Waals surface area (Å²) in [7, 11) is -3.91. The topological polar surface area (TPSA) is 139 Å². The highest BCUT2D eigenvalue weighted by Gasteiger charge is 2.30. The molecule has 0 spiro atoms. The number of sulfonamides is 1. The maximum atomic E-state index is 14.1. The molecule has 1 aromatic heterocycles. The van der Waals surface area contributed by atoms with Crippen molar-refractivity contribution in [1.82, 2.24) is 19.5 Å². The zero-order valence-electron chi connectivity index (χ0n) is 25.6. The third-order valence-electron chi connectivity index (χ3n) is 7.55. The Hall–Kier alpha value is -3.53. The van der Waals surface area contributed by atoms with Gasteiger partial charge in [0.15, 0.2) is 4.21 Å². The molecule has 2 aliphatic heterocycles. The molecule has 2 aliphatic rings. The standard InChI is InChI=1S/C31H36ClN5O7S2/c1-20(2)37(16-22-6-8-23(32)9-7-22)30(38)25-14-27(35-24-5-4-12-44-31(39)33-11-10-24)26(13-21(25)3)29-34-15-28(45-29)46(40,41)36-17-42-19-43-18-36/h6-9,13-15,24,35H,1,4-5,10-12,16-19H2,2-3H3,(H,33,39)/t24-/m1/s1. The van der Waals surface area contributed by atoms with Gasteiger partial charge in [0.05, 0.1) is 19.3 Å². The van der Waals surface area contributed by atoms with Crippen LogP contribution in [0.25, 0.3) is 10.6 Å². The average molecular weight is 690 g/mol. The molecule has 2 N–H and O–H groups in total. The molecule has 15 heteroatoms. The number of hydrogen-bond donors (Lipinski definition) is 2. The van der Waals surface area contributed by atoms with E-state index in [0.29, 0.717) is 70.5 Å². The number of aryl methyl sites for hydroxylation is 1. The van der Waals surface area contributed by atoms with Crippen LogP contribution in [-0.4, -0.2) is 74.1 Å². The molecule has 2 aromatic carbocycles. The minimum atomic E-state index is -3.91. The van der Waals surface area contributed by atoms with Gasteiger partial charge < -0.3 is 29.7 Å². The lowest BCUT2D eigenvalue weighted by Crippen LogP contribution is -2.39. The van der Waals surface area contributed by atoms with E-state index in [1.807, 2.05) is 25.1 Å². The van der Waals surface area contributed by atoms with Crippen LogP contribution in [-0.2, 0) is 30.8 Å². The zero-order valence-corrected chi connectivity index (χ0v) is 28.0. The second-order valence-corrected chi connectivity index (χ2v) is 14.7. The summed E-state index contributed by atoms with van der Waals surface area (Å²) in [6.45, 7) is 8.44. The highest BCUT2D eigenvalue weighted by molar-refractivity contribution is 7.91. The molecule has 0 unspecified atom stereocenters. The molecule has 46 heavy (non-hydrogen) atoms. The van der Waals surface area contributed by atoms with Crippen LogP contribution in [0.2, 0.25) is 5.02 Å². The number of rotatable bonds is 9. The number of halogens is 1. The second kappa shape index (κ2) is 14.9. The van der Waals surface area contributed by atoms with E-state index < -0.39 is 16.1 Å². The number of anilines is 1. The maximum absolute atomic E-state index is 14.1. The first kappa shape index (κ1) is 33.8. The van der Waals surface area contributed by atoms with Crippen LogP contribution < -0.4 is 10.6 Å². The molecule has 0 bridgehead atoms. The summed E-state index contributed by atoms with van der Waals surface area (Å²) in [5, 5.41) is 7.38. The van der Waals surface area contributed by atoms with E-state index in [1.54, 1.807) is 30.0 Å². The number of benzene rings is 2. The van der Waals surface area contributed by atoms with Crippen molar-refractivity contribution < 1.29 is 32.2 Å². The van der Waals surface area contributed by atoms with Gasteiger partial charge in [-0.1, -0.05) is 30.3 Å². The first-order valence-corrected chi connectivity index (χ1v) is 17.3. The summed E-state index contributed by atoms with van der Waals surface area (Å²) < 4.78 is 43.2.